The number of carboxylic acid groups (broad SMARTS) is 1. The van der Waals surface area contributed by atoms with Gasteiger partial charge in [-0.3, -0.25) is 9.59 Å². The largest absolute Gasteiger partial charge is 0.481 e. The molecular weight excluding hydrogens is 184 g/mol. The van der Waals surface area contributed by atoms with Crippen molar-refractivity contribution in [2.45, 2.75) is 20.3 Å². The van der Waals surface area contributed by atoms with Crippen LogP contribution in [0.3, 0.4) is 0 Å². The summed E-state index contributed by atoms with van der Waals surface area (Å²) in [6.45, 7) is 3.29. The lowest BCUT2D eigenvalue weighted by molar-refractivity contribution is -0.142. The average Bonchev–Trinajstić information content (AvgIpc) is 1.87. The highest BCUT2D eigenvalue weighted by Gasteiger charge is 1.96. The minimum absolute atomic E-state index is 0.220. The van der Waals surface area contributed by atoms with Gasteiger partial charge in [-0.05, 0) is 6.92 Å². The fourth-order valence-electron chi connectivity index (χ4n) is 0.310. The second-order valence-electron chi connectivity index (χ2n) is 1.76. The van der Waals surface area contributed by atoms with Gasteiger partial charge in [-0.15, -0.1) is 11.6 Å². The van der Waals surface area contributed by atoms with Crippen molar-refractivity contribution in [2.24, 2.45) is 0 Å². The molecule has 0 aliphatic carbocycles. The molecule has 5 heteroatoms. The number of alkyl halides is 1. The number of carbonyl (C=O) groups is 2. The minimum Gasteiger partial charge on any atom is -0.481 e. The quantitative estimate of drug-likeness (QED) is 0.546. The Kier molecular flexibility index (Phi) is 11.8. The summed E-state index contributed by atoms with van der Waals surface area (Å²) in [5, 5.41) is 7.42. The summed E-state index contributed by atoms with van der Waals surface area (Å²) >= 11 is 5.23. The molecule has 0 rings (SSSR count). The van der Waals surface area contributed by atoms with E-state index in [9.17, 15) is 4.79 Å². The van der Waals surface area contributed by atoms with Crippen molar-refractivity contribution >= 4 is 23.5 Å². The molecule has 0 spiro atoms. The highest BCUT2D eigenvalue weighted by Crippen LogP contribution is 1.87. The predicted octanol–water partition coefficient (Wildman–Crippen LogP) is 1.27. The van der Waals surface area contributed by atoms with E-state index in [1.54, 1.807) is 6.92 Å². The smallest absolute Gasteiger partial charge is 0.306 e. The number of ether oxygens (including phenoxy) is 1. The Morgan fingerprint density at radius 3 is 2.17 bits per heavy atom. The van der Waals surface area contributed by atoms with Crippen LogP contribution < -0.4 is 0 Å². The molecule has 0 radical (unpaired) electrons. The molecule has 72 valence electrons. The van der Waals surface area contributed by atoms with Gasteiger partial charge in [0.2, 0.25) is 0 Å². The first-order valence-corrected chi connectivity index (χ1v) is 3.99. The molecule has 0 bridgehead atoms. The van der Waals surface area contributed by atoms with E-state index in [-0.39, 0.29) is 5.97 Å². The Hall–Kier alpha value is -0.770. The number of halogens is 1. The van der Waals surface area contributed by atoms with Crippen molar-refractivity contribution in [3.05, 3.63) is 0 Å². The number of carbonyl (C=O) groups excluding carboxylic acids is 1. The third kappa shape index (κ3) is 22.9. The maximum atomic E-state index is 10.3. The van der Waals surface area contributed by atoms with Crippen molar-refractivity contribution in [3.8, 4) is 0 Å². The lowest BCUT2D eigenvalue weighted by Gasteiger charge is -1.95. The number of carboxylic acids is 1. The average molecular weight is 197 g/mol. The Bertz CT molecular complexity index is 123. The monoisotopic (exact) mass is 196 g/mol. The van der Waals surface area contributed by atoms with Crippen molar-refractivity contribution in [3.63, 3.8) is 0 Å². The fourth-order valence-corrected chi connectivity index (χ4v) is 0.465. The minimum atomic E-state index is -0.833. The van der Waals surface area contributed by atoms with Crippen LogP contribution in [-0.4, -0.2) is 29.5 Å². The van der Waals surface area contributed by atoms with Gasteiger partial charge in [0.25, 0.3) is 5.97 Å². The van der Waals surface area contributed by atoms with E-state index >= 15 is 0 Å². The molecule has 0 aromatic rings. The maximum Gasteiger partial charge on any atom is 0.306 e. The molecule has 0 amide bonds. The molecule has 0 fully saturated rings. The number of rotatable bonds is 3. The van der Waals surface area contributed by atoms with Crippen molar-refractivity contribution in [2.75, 3.05) is 12.5 Å². The summed E-state index contributed by atoms with van der Waals surface area (Å²) < 4.78 is 4.56. The number of hydrogen-bond acceptors (Lipinski definition) is 3. The summed E-state index contributed by atoms with van der Waals surface area (Å²) in [6.07, 6.45) is 0.315. The van der Waals surface area contributed by atoms with E-state index in [1.165, 1.54) is 0 Å². The number of hydrogen-bond donors (Lipinski definition) is 1. The molecule has 0 aromatic heterocycles. The summed E-state index contributed by atoms with van der Waals surface area (Å²) in [5.74, 6) is -0.707. The SMILES string of the molecule is CC(=O)O.CCOC(=O)CCCl. The van der Waals surface area contributed by atoms with Gasteiger partial charge in [-0.2, -0.15) is 0 Å². The zero-order valence-electron chi connectivity index (χ0n) is 7.17. The van der Waals surface area contributed by atoms with E-state index in [1.807, 2.05) is 0 Å². The summed E-state index contributed by atoms with van der Waals surface area (Å²) in [7, 11) is 0. The zero-order valence-corrected chi connectivity index (χ0v) is 7.93. The fraction of sp³-hybridized carbons (Fsp3) is 0.714. The van der Waals surface area contributed by atoms with E-state index in [0.29, 0.717) is 18.9 Å². The lowest BCUT2D eigenvalue weighted by Crippen LogP contribution is -2.03. The second kappa shape index (κ2) is 10.2. The van der Waals surface area contributed by atoms with Gasteiger partial charge in [0.1, 0.15) is 0 Å². The summed E-state index contributed by atoms with van der Waals surface area (Å²) in [6, 6.07) is 0. The molecule has 0 saturated heterocycles. The van der Waals surface area contributed by atoms with Gasteiger partial charge in [0.05, 0.1) is 13.0 Å². The normalized spacial score (nSPS) is 7.92. The van der Waals surface area contributed by atoms with Gasteiger partial charge >= 0.3 is 5.97 Å². The molecule has 12 heavy (non-hydrogen) atoms. The summed E-state index contributed by atoms with van der Waals surface area (Å²) in [5.41, 5.74) is 0. The number of esters is 1. The standard InChI is InChI=1S/C5H9ClO2.C2H4O2/c1-2-8-5(7)3-4-6;1-2(3)4/h2-4H2,1H3;1H3,(H,3,4). The molecule has 4 nitrogen and oxygen atoms in total. The second-order valence-corrected chi connectivity index (χ2v) is 2.14. The van der Waals surface area contributed by atoms with Crippen LogP contribution in [0.1, 0.15) is 20.3 Å². The third-order valence-corrected chi connectivity index (χ3v) is 0.793. The number of aliphatic carboxylic acids is 1. The van der Waals surface area contributed by atoms with E-state index in [0.717, 1.165) is 6.92 Å². The molecule has 0 aliphatic heterocycles. The van der Waals surface area contributed by atoms with E-state index in [2.05, 4.69) is 4.74 Å². The molecule has 0 aliphatic rings. The van der Waals surface area contributed by atoms with Crippen molar-refractivity contribution in [1.82, 2.24) is 0 Å². The van der Waals surface area contributed by atoms with Crippen molar-refractivity contribution in [1.29, 1.82) is 0 Å². The van der Waals surface area contributed by atoms with Crippen LogP contribution in [-0.2, 0) is 14.3 Å². The third-order valence-electron chi connectivity index (χ3n) is 0.604. The summed E-state index contributed by atoms with van der Waals surface area (Å²) in [4.78, 5) is 19.3. The van der Waals surface area contributed by atoms with E-state index < -0.39 is 5.97 Å². The highest BCUT2D eigenvalue weighted by atomic mass is 35.5. The predicted molar refractivity (Wildman–Crippen MR) is 45.3 cm³/mol. The first kappa shape index (κ1) is 13.8. The molecule has 0 atom stereocenters. The van der Waals surface area contributed by atoms with Crippen LogP contribution in [0.2, 0.25) is 0 Å². The van der Waals surface area contributed by atoms with Gasteiger partial charge in [-0.1, -0.05) is 0 Å². The maximum absolute atomic E-state index is 10.3. The first-order valence-electron chi connectivity index (χ1n) is 3.45. The van der Waals surface area contributed by atoms with Gasteiger partial charge < -0.3 is 9.84 Å². The first-order chi connectivity index (χ1) is 5.54. The molecule has 0 aromatic carbocycles. The topological polar surface area (TPSA) is 63.6 Å². The molecule has 0 saturated carbocycles. The van der Waals surface area contributed by atoms with Crippen LogP contribution in [0.4, 0.5) is 0 Å². The molecule has 0 heterocycles. The lowest BCUT2D eigenvalue weighted by atomic mass is 10.5. The molecular formula is C7H13ClO4. The van der Waals surface area contributed by atoms with Crippen molar-refractivity contribution < 1.29 is 19.4 Å². The van der Waals surface area contributed by atoms with Gasteiger partial charge in [-0.25, -0.2) is 0 Å². The Labute approximate surface area is 76.5 Å². The Morgan fingerprint density at radius 1 is 1.50 bits per heavy atom. The highest BCUT2D eigenvalue weighted by molar-refractivity contribution is 6.18. The van der Waals surface area contributed by atoms with Crippen LogP contribution in [0.15, 0.2) is 0 Å². The molecule has 1 N–H and O–H groups in total. The van der Waals surface area contributed by atoms with E-state index in [4.69, 9.17) is 21.5 Å². The van der Waals surface area contributed by atoms with Crippen LogP contribution in [0.25, 0.3) is 0 Å². The molecule has 0 unspecified atom stereocenters. The van der Waals surface area contributed by atoms with Crippen LogP contribution >= 0.6 is 11.6 Å². The Balaban J connectivity index is 0. The van der Waals surface area contributed by atoms with Gasteiger partial charge in [0, 0.05) is 12.8 Å². The van der Waals surface area contributed by atoms with Crippen LogP contribution in [0.5, 0.6) is 0 Å². The zero-order chi connectivity index (χ0) is 9.98. The van der Waals surface area contributed by atoms with Crippen LogP contribution in [0, 0.1) is 0 Å². The Morgan fingerprint density at radius 2 is 1.92 bits per heavy atom. The van der Waals surface area contributed by atoms with Gasteiger partial charge in [0.15, 0.2) is 0 Å².